The van der Waals surface area contributed by atoms with E-state index < -0.39 is 10.0 Å². The topological polar surface area (TPSA) is 94.7 Å². The third-order valence-electron chi connectivity index (χ3n) is 4.49. The number of nitriles is 1. The number of piperazine rings is 1. The van der Waals surface area contributed by atoms with E-state index in [2.05, 4.69) is 5.32 Å². The summed E-state index contributed by atoms with van der Waals surface area (Å²) in [6.45, 7) is 6.16. The second-order valence-electron chi connectivity index (χ2n) is 6.32. The highest BCUT2D eigenvalue weighted by molar-refractivity contribution is 7.89. The van der Waals surface area contributed by atoms with Crippen LogP contribution in [-0.2, 0) is 14.8 Å². The molecule has 136 valence electrons. The Kier molecular flexibility index (Phi) is 6.53. The first-order chi connectivity index (χ1) is 11.9. The van der Waals surface area contributed by atoms with Crippen molar-refractivity contribution in [2.75, 3.05) is 32.7 Å². The minimum absolute atomic E-state index is 0.00418. The normalized spacial score (nSPS) is 17.6. The Morgan fingerprint density at radius 2 is 2.00 bits per heavy atom. The zero-order valence-corrected chi connectivity index (χ0v) is 15.5. The quantitative estimate of drug-likeness (QED) is 0.701. The average molecular weight is 365 g/mol. The van der Waals surface area contributed by atoms with Crippen molar-refractivity contribution >= 4 is 15.9 Å². The molecular formula is C17H25N4O3S+. The van der Waals surface area contributed by atoms with E-state index in [0.717, 1.165) is 11.3 Å². The number of carbonyl (C=O) groups is 1. The predicted octanol–water partition coefficient (Wildman–Crippen LogP) is -0.638. The molecule has 0 aromatic heterocycles. The Bertz CT molecular complexity index is 749. The van der Waals surface area contributed by atoms with Crippen LogP contribution in [-0.4, -0.2) is 57.4 Å². The van der Waals surface area contributed by atoms with E-state index in [4.69, 9.17) is 5.26 Å². The van der Waals surface area contributed by atoms with Gasteiger partial charge in [-0.3, -0.25) is 4.79 Å². The summed E-state index contributed by atoms with van der Waals surface area (Å²) in [5, 5.41) is 12.1. The Balaban J connectivity index is 1.98. The van der Waals surface area contributed by atoms with E-state index in [1.165, 1.54) is 16.4 Å². The van der Waals surface area contributed by atoms with E-state index in [9.17, 15) is 13.2 Å². The number of carbonyl (C=O) groups excluding carboxylic acids is 1. The van der Waals surface area contributed by atoms with Gasteiger partial charge >= 0.3 is 0 Å². The van der Waals surface area contributed by atoms with Crippen molar-refractivity contribution in [1.82, 2.24) is 9.62 Å². The number of hydrogen-bond donors (Lipinski definition) is 2. The molecule has 0 radical (unpaired) electrons. The number of benzene rings is 1. The smallest absolute Gasteiger partial charge is 0.275 e. The van der Waals surface area contributed by atoms with E-state index in [1.807, 2.05) is 19.9 Å². The van der Waals surface area contributed by atoms with Gasteiger partial charge in [-0.15, -0.1) is 0 Å². The van der Waals surface area contributed by atoms with Crippen molar-refractivity contribution in [3.05, 3.63) is 29.8 Å². The van der Waals surface area contributed by atoms with Crippen LogP contribution in [0, 0.1) is 11.3 Å². The third kappa shape index (κ3) is 4.78. The van der Waals surface area contributed by atoms with Crippen LogP contribution in [0.4, 0.5) is 0 Å². The van der Waals surface area contributed by atoms with Crippen LogP contribution in [0.15, 0.2) is 29.2 Å². The molecule has 0 aliphatic carbocycles. The fourth-order valence-corrected chi connectivity index (χ4v) is 4.38. The summed E-state index contributed by atoms with van der Waals surface area (Å²) < 4.78 is 26.9. The Morgan fingerprint density at radius 1 is 1.36 bits per heavy atom. The van der Waals surface area contributed by atoms with E-state index in [1.54, 1.807) is 12.1 Å². The summed E-state index contributed by atoms with van der Waals surface area (Å²) in [7, 11) is -3.68. The van der Waals surface area contributed by atoms with Crippen LogP contribution in [0.3, 0.4) is 0 Å². The number of hydrogen-bond acceptors (Lipinski definition) is 4. The number of sulfonamides is 1. The average Bonchev–Trinajstić information content (AvgIpc) is 2.61. The zero-order chi connectivity index (χ0) is 18.4. The lowest BCUT2D eigenvalue weighted by atomic mass is 10.2. The first-order valence-corrected chi connectivity index (χ1v) is 9.94. The van der Waals surface area contributed by atoms with Crippen molar-refractivity contribution in [2.45, 2.75) is 31.2 Å². The van der Waals surface area contributed by atoms with Crippen LogP contribution in [0.25, 0.3) is 0 Å². The fraction of sp³-hybridized carbons (Fsp3) is 0.529. The first kappa shape index (κ1) is 19.4. The summed E-state index contributed by atoms with van der Waals surface area (Å²) in [4.78, 5) is 13.1. The van der Waals surface area contributed by atoms with E-state index >= 15 is 0 Å². The van der Waals surface area contributed by atoms with Gasteiger partial charge in [0.15, 0.2) is 6.54 Å². The van der Waals surface area contributed by atoms with Gasteiger partial charge < -0.3 is 10.2 Å². The van der Waals surface area contributed by atoms with Crippen LogP contribution in [0.1, 0.15) is 25.8 Å². The molecule has 2 rings (SSSR count). The van der Waals surface area contributed by atoms with Gasteiger partial charge in [-0.2, -0.15) is 9.57 Å². The van der Waals surface area contributed by atoms with Gasteiger partial charge in [0.25, 0.3) is 5.91 Å². The van der Waals surface area contributed by atoms with Crippen LogP contribution >= 0.6 is 0 Å². The monoisotopic (exact) mass is 365 g/mol. The first-order valence-electron chi connectivity index (χ1n) is 8.50. The molecule has 1 aromatic carbocycles. The minimum atomic E-state index is -3.68. The summed E-state index contributed by atoms with van der Waals surface area (Å²) in [5.74, 6) is -0.00418. The van der Waals surface area contributed by atoms with E-state index in [0.29, 0.717) is 32.7 Å². The molecule has 1 saturated heterocycles. The molecule has 25 heavy (non-hydrogen) atoms. The minimum Gasteiger partial charge on any atom is -0.349 e. The van der Waals surface area contributed by atoms with Crippen molar-refractivity contribution < 1.29 is 18.1 Å². The maximum Gasteiger partial charge on any atom is 0.275 e. The maximum absolute atomic E-state index is 12.8. The molecule has 0 saturated carbocycles. The van der Waals surface area contributed by atoms with Gasteiger partial charge in [0.1, 0.15) is 6.07 Å². The van der Waals surface area contributed by atoms with Crippen molar-refractivity contribution in [3.63, 3.8) is 0 Å². The predicted molar refractivity (Wildman–Crippen MR) is 93.4 cm³/mol. The molecule has 1 atom stereocenters. The van der Waals surface area contributed by atoms with Gasteiger partial charge in [-0.05, 0) is 25.5 Å². The highest BCUT2D eigenvalue weighted by Crippen LogP contribution is 2.19. The molecular weight excluding hydrogens is 340 g/mol. The largest absolute Gasteiger partial charge is 0.349 e. The number of rotatable bonds is 6. The highest BCUT2D eigenvalue weighted by atomic mass is 32.2. The summed E-state index contributed by atoms with van der Waals surface area (Å²) in [6.07, 6.45) is 0.880. The Hall–Kier alpha value is -1.95. The maximum atomic E-state index is 12.8. The molecule has 7 nitrogen and oxygen atoms in total. The lowest BCUT2D eigenvalue weighted by Gasteiger charge is -2.31. The molecule has 0 unspecified atom stereocenters. The standard InChI is InChI=1S/C17H24N4O3S/c1-3-14(2)19-17(22)13-20-8-10-21(11-9-20)25(23,24)16-7-5-4-6-15(16)12-18/h4-7,14H,3,8-11,13H2,1-2H3,(H,19,22)/p+1/t14-/m0/s1. The van der Waals surface area contributed by atoms with Crippen molar-refractivity contribution in [1.29, 1.82) is 5.26 Å². The molecule has 2 N–H and O–H groups in total. The molecule has 8 heteroatoms. The van der Waals surface area contributed by atoms with Crippen LogP contribution in [0.5, 0.6) is 0 Å². The molecule has 1 aliphatic rings. The molecule has 1 heterocycles. The Morgan fingerprint density at radius 3 is 2.60 bits per heavy atom. The van der Waals surface area contributed by atoms with E-state index in [-0.39, 0.29) is 22.4 Å². The number of nitrogens with zero attached hydrogens (tertiary/aromatic N) is 2. The number of quaternary nitrogens is 1. The second kappa shape index (κ2) is 8.43. The molecule has 0 spiro atoms. The SMILES string of the molecule is CC[C@H](C)NC(=O)C[NH+]1CCN(S(=O)(=O)c2ccccc2C#N)CC1. The van der Waals surface area contributed by atoms with Gasteiger partial charge in [-0.25, -0.2) is 8.42 Å². The number of amides is 1. The summed E-state index contributed by atoms with van der Waals surface area (Å²) in [5.41, 5.74) is 0.158. The third-order valence-corrected chi connectivity index (χ3v) is 6.44. The highest BCUT2D eigenvalue weighted by Gasteiger charge is 2.32. The molecule has 1 amide bonds. The molecule has 0 bridgehead atoms. The van der Waals surface area contributed by atoms with Crippen LogP contribution in [0.2, 0.25) is 0 Å². The summed E-state index contributed by atoms with van der Waals surface area (Å²) >= 11 is 0. The van der Waals surface area contributed by atoms with Gasteiger partial charge in [-0.1, -0.05) is 19.1 Å². The molecule has 1 fully saturated rings. The van der Waals surface area contributed by atoms with Crippen molar-refractivity contribution in [2.24, 2.45) is 0 Å². The molecule has 1 aliphatic heterocycles. The summed E-state index contributed by atoms with van der Waals surface area (Å²) in [6, 6.07) is 8.32. The van der Waals surface area contributed by atoms with Crippen LogP contribution < -0.4 is 10.2 Å². The van der Waals surface area contributed by atoms with Gasteiger partial charge in [0, 0.05) is 6.04 Å². The molecule has 1 aromatic rings. The lowest BCUT2D eigenvalue weighted by molar-refractivity contribution is -0.895. The van der Waals surface area contributed by atoms with Gasteiger partial charge in [0.05, 0.1) is 36.6 Å². The van der Waals surface area contributed by atoms with Gasteiger partial charge in [0.2, 0.25) is 10.0 Å². The second-order valence-corrected chi connectivity index (χ2v) is 8.22. The lowest BCUT2D eigenvalue weighted by Crippen LogP contribution is -3.15. The fourth-order valence-electron chi connectivity index (χ4n) is 2.80. The zero-order valence-electron chi connectivity index (χ0n) is 14.7. The number of nitrogens with one attached hydrogen (secondary N) is 2. The van der Waals surface area contributed by atoms with Crippen molar-refractivity contribution in [3.8, 4) is 6.07 Å². The Labute approximate surface area is 149 Å².